The Hall–Kier alpha value is -0.480. The molecule has 17 heavy (non-hydrogen) atoms. The molecule has 2 atom stereocenters. The molecule has 0 spiro atoms. The van der Waals surface area contributed by atoms with Crippen molar-refractivity contribution < 1.29 is 0 Å². The maximum atomic E-state index is 4.73. The molecular weight excluding hydrogens is 248 g/mol. The van der Waals surface area contributed by atoms with E-state index in [1.807, 2.05) is 23.1 Å². The molecule has 1 N–H and O–H groups in total. The summed E-state index contributed by atoms with van der Waals surface area (Å²) in [6, 6.07) is 5.24. The van der Waals surface area contributed by atoms with Gasteiger partial charge in [0.05, 0.1) is 12.1 Å². The fraction of sp³-hybridized carbons (Fsp3) is 0.615. The van der Waals surface area contributed by atoms with E-state index in [9.17, 15) is 0 Å². The van der Waals surface area contributed by atoms with Crippen LogP contribution in [0.15, 0.2) is 17.1 Å². The summed E-state index contributed by atoms with van der Waals surface area (Å²) >= 11 is 3.71. The van der Waals surface area contributed by atoms with E-state index >= 15 is 0 Å². The smallest absolute Gasteiger partial charge is 0.157 e. The van der Waals surface area contributed by atoms with Gasteiger partial charge < -0.3 is 5.32 Å². The Morgan fingerprint density at radius 3 is 2.65 bits per heavy atom. The Bertz CT molecular complexity index is 409. The second-order valence-electron chi connectivity index (χ2n) is 4.87. The van der Waals surface area contributed by atoms with Crippen LogP contribution in [-0.4, -0.2) is 17.0 Å². The van der Waals surface area contributed by atoms with Crippen molar-refractivity contribution in [3.63, 3.8) is 0 Å². The van der Waals surface area contributed by atoms with Crippen LogP contribution in [0, 0.1) is 12.8 Å². The van der Waals surface area contributed by atoms with Crippen molar-refractivity contribution in [1.82, 2.24) is 5.32 Å². The summed E-state index contributed by atoms with van der Waals surface area (Å²) in [5.74, 6) is 1.76. The number of rotatable bonds is 3. The van der Waals surface area contributed by atoms with E-state index in [1.54, 1.807) is 0 Å². The van der Waals surface area contributed by atoms with E-state index in [0.29, 0.717) is 18.0 Å². The van der Waals surface area contributed by atoms with Crippen molar-refractivity contribution in [3.05, 3.63) is 21.9 Å². The minimum atomic E-state index is 0.367. The minimum absolute atomic E-state index is 0.367. The molecule has 0 aromatic carbocycles. The van der Waals surface area contributed by atoms with Gasteiger partial charge in [-0.2, -0.15) is 0 Å². The van der Waals surface area contributed by atoms with E-state index in [-0.39, 0.29) is 0 Å². The number of thioether (sulfide) groups is 1. The van der Waals surface area contributed by atoms with Gasteiger partial charge in [0.15, 0.2) is 5.17 Å². The average Bonchev–Trinajstić information content (AvgIpc) is 2.86. The van der Waals surface area contributed by atoms with Crippen molar-refractivity contribution in [2.24, 2.45) is 10.9 Å². The van der Waals surface area contributed by atoms with Crippen molar-refractivity contribution in [1.29, 1.82) is 0 Å². The lowest BCUT2D eigenvalue weighted by Crippen LogP contribution is -2.22. The molecule has 1 aliphatic rings. The Balaban J connectivity index is 1.96. The van der Waals surface area contributed by atoms with Crippen molar-refractivity contribution >= 4 is 28.3 Å². The van der Waals surface area contributed by atoms with Crippen molar-refractivity contribution in [3.8, 4) is 0 Å². The molecule has 2 unspecified atom stereocenters. The Morgan fingerprint density at radius 2 is 2.12 bits per heavy atom. The summed E-state index contributed by atoms with van der Waals surface area (Å²) in [4.78, 5) is 7.49. The summed E-state index contributed by atoms with van der Waals surface area (Å²) in [6.45, 7) is 8.84. The number of hydrogen-bond acceptors (Lipinski definition) is 4. The minimum Gasteiger partial charge on any atom is -0.358 e. The first-order chi connectivity index (χ1) is 8.06. The second kappa shape index (κ2) is 5.44. The first-order valence-electron chi connectivity index (χ1n) is 6.09. The van der Waals surface area contributed by atoms with Gasteiger partial charge in [0, 0.05) is 15.5 Å². The topological polar surface area (TPSA) is 24.4 Å². The third kappa shape index (κ3) is 3.26. The second-order valence-corrected chi connectivity index (χ2v) is 7.20. The predicted molar refractivity (Wildman–Crippen MR) is 79.1 cm³/mol. The van der Waals surface area contributed by atoms with Crippen LogP contribution >= 0.6 is 23.1 Å². The van der Waals surface area contributed by atoms with E-state index < -0.39 is 0 Å². The van der Waals surface area contributed by atoms with Crippen LogP contribution in [0.2, 0.25) is 0 Å². The first-order valence-corrected chi connectivity index (χ1v) is 7.90. The van der Waals surface area contributed by atoms with Crippen LogP contribution in [0.5, 0.6) is 0 Å². The molecule has 0 bridgehead atoms. The summed E-state index contributed by atoms with van der Waals surface area (Å²) in [6.07, 6.45) is 0. The number of nitrogens with one attached hydrogen (secondary N) is 1. The summed E-state index contributed by atoms with van der Waals surface area (Å²) in [7, 11) is 0. The summed E-state index contributed by atoms with van der Waals surface area (Å²) < 4.78 is 0. The Labute approximate surface area is 112 Å². The van der Waals surface area contributed by atoms with Gasteiger partial charge >= 0.3 is 0 Å². The molecule has 0 aliphatic carbocycles. The zero-order chi connectivity index (χ0) is 12.4. The zero-order valence-electron chi connectivity index (χ0n) is 10.9. The molecule has 94 valence electrons. The average molecular weight is 268 g/mol. The molecule has 0 saturated carbocycles. The van der Waals surface area contributed by atoms with Crippen molar-refractivity contribution in [2.45, 2.75) is 39.8 Å². The predicted octanol–water partition coefficient (Wildman–Crippen LogP) is 3.83. The molecule has 4 heteroatoms. The number of nitrogens with zero attached hydrogens (tertiary/aromatic N) is 1. The van der Waals surface area contributed by atoms with Gasteiger partial charge in [-0.05, 0) is 31.9 Å². The molecule has 0 amide bonds. The Kier molecular flexibility index (Phi) is 4.15. The third-order valence-electron chi connectivity index (χ3n) is 2.97. The highest BCUT2D eigenvalue weighted by Crippen LogP contribution is 2.26. The molecule has 1 aromatic heterocycles. The highest BCUT2D eigenvalue weighted by molar-refractivity contribution is 8.14. The van der Waals surface area contributed by atoms with Crippen LogP contribution in [0.3, 0.4) is 0 Å². The lowest BCUT2D eigenvalue weighted by molar-refractivity contribution is 0.541. The molecule has 0 radical (unpaired) electrons. The molecule has 2 heterocycles. The highest BCUT2D eigenvalue weighted by Gasteiger charge is 2.22. The number of hydrogen-bond donors (Lipinski definition) is 1. The molecule has 2 rings (SSSR count). The lowest BCUT2D eigenvalue weighted by Gasteiger charge is -2.12. The molecule has 0 saturated heterocycles. The van der Waals surface area contributed by atoms with Crippen LogP contribution in [0.4, 0.5) is 0 Å². The molecular formula is C13H20N2S2. The zero-order valence-corrected chi connectivity index (χ0v) is 12.5. The van der Waals surface area contributed by atoms with E-state index in [4.69, 9.17) is 4.99 Å². The third-order valence-corrected chi connectivity index (χ3v) is 5.16. The summed E-state index contributed by atoms with van der Waals surface area (Å²) in [5.41, 5.74) is 0. The van der Waals surface area contributed by atoms with Gasteiger partial charge in [-0.1, -0.05) is 25.6 Å². The van der Waals surface area contributed by atoms with Crippen LogP contribution < -0.4 is 5.32 Å². The lowest BCUT2D eigenvalue weighted by atomic mass is 10.1. The van der Waals surface area contributed by atoms with Crippen molar-refractivity contribution in [2.75, 3.05) is 5.75 Å². The maximum absolute atomic E-state index is 4.73. The largest absolute Gasteiger partial charge is 0.358 e. The van der Waals surface area contributed by atoms with E-state index in [0.717, 1.165) is 10.9 Å². The van der Waals surface area contributed by atoms with Gasteiger partial charge in [0.2, 0.25) is 0 Å². The van der Waals surface area contributed by atoms with Crippen LogP contribution in [-0.2, 0) is 0 Å². The molecule has 2 nitrogen and oxygen atoms in total. The number of amidine groups is 1. The van der Waals surface area contributed by atoms with Crippen LogP contribution in [0.25, 0.3) is 0 Å². The fourth-order valence-corrected chi connectivity index (χ4v) is 3.89. The highest BCUT2D eigenvalue weighted by atomic mass is 32.2. The monoisotopic (exact) mass is 268 g/mol. The fourth-order valence-electron chi connectivity index (χ4n) is 1.75. The standard InChI is InChI=1S/C13H20N2S2/c1-8(2)11-7-16-13(15-11)14-10(4)12-6-5-9(3)17-12/h5-6,8,10-11H,7H2,1-4H3,(H,14,15). The number of aliphatic imine (C=N–C) groups is 1. The van der Waals surface area contributed by atoms with Crippen LogP contribution in [0.1, 0.15) is 36.6 Å². The quantitative estimate of drug-likeness (QED) is 0.901. The van der Waals surface area contributed by atoms with Gasteiger partial charge in [-0.3, -0.25) is 4.99 Å². The van der Waals surface area contributed by atoms with Gasteiger partial charge in [-0.15, -0.1) is 11.3 Å². The molecule has 1 aromatic rings. The SMILES string of the molecule is Cc1ccc(C(C)NC2=NC(C(C)C)CS2)s1. The summed E-state index contributed by atoms with van der Waals surface area (Å²) in [5, 5.41) is 4.63. The van der Waals surface area contributed by atoms with Gasteiger partial charge in [-0.25, -0.2) is 0 Å². The Morgan fingerprint density at radius 1 is 1.35 bits per heavy atom. The number of thiophene rings is 1. The first kappa shape index (κ1) is 13.0. The van der Waals surface area contributed by atoms with E-state index in [1.165, 1.54) is 9.75 Å². The van der Waals surface area contributed by atoms with Gasteiger partial charge in [0.25, 0.3) is 0 Å². The molecule has 0 fully saturated rings. The van der Waals surface area contributed by atoms with Gasteiger partial charge in [0.1, 0.15) is 0 Å². The molecule has 1 aliphatic heterocycles. The number of aryl methyl sites for hydroxylation is 1. The van der Waals surface area contributed by atoms with E-state index in [2.05, 4.69) is 45.1 Å². The maximum Gasteiger partial charge on any atom is 0.157 e. The normalized spacial score (nSPS) is 21.7.